The maximum Gasteiger partial charge on any atom is 0.215 e. The van der Waals surface area contributed by atoms with Crippen LogP contribution >= 0.6 is 15.9 Å². The van der Waals surface area contributed by atoms with Crippen molar-refractivity contribution in [2.75, 3.05) is 29.6 Å². The third-order valence-electron chi connectivity index (χ3n) is 1.95. The van der Waals surface area contributed by atoms with Crippen molar-refractivity contribution < 1.29 is 16.8 Å². The Morgan fingerprint density at radius 2 is 1.62 bits per heavy atom. The summed E-state index contributed by atoms with van der Waals surface area (Å²) in [5.41, 5.74) is 0. The van der Waals surface area contributed by atoms with Gasteiger partial charge in [0.15, 0.2) is 0 Å². The molecule has 16 heavy (non-hydrogen) atoms. The van der Waals surface area contributed by atoms with Crippen LogP contribution in [0, 0.1) is 0 Å². The van der Waals surface area contributed by atoms with Gasteiger partial charge in [0.05, 0.1) is 11.5 Å². The molecular weight excluding hydrogens is 318 g/mol. The van der Waals surface area contributed by atoms with Gasteiger partial charge in [0.1, 0.15) is 9.84 Å². The topological polar surface area (TPSA) is 71.5 Å². The number of halogens is 1. The van der Waals surface area contributed by atoms with E-state index in [1.807, 2.05) is 0 Å². The van der Waals surface area contributed by atoms with E-state index >= 15 is 0 Å². The van der Waals surface area contributed by atoms with Crippen LogP contribution in [0.15, 0.2) is 0 Å². The fraction of sp³-hybridized carbons (Fsp3) is 1.00. The molecule has 0 aromatic carbocycles. The van der Waals surface area contributed by atoms with Gasteiger partial charge in [-0.05, 0) is 13.8 Å². The van der Waals surface area contributed by atoms with Gasteiger partial charge in [-0.1, -0.05) is 15.9 Å². The van der Waals surface area contributed by atoms with Gasteiger partial charge in [0, 0.05) is 24.2 Å². The number of rotatable bonds is 7. The van der Waals surface area contributed by atoms with Crippen LogP contribution in [0.1, 0.15) is 13.8 Å². The fourth-order valence-corrected chi connectivity index (χ4v) is 5.09. The highest BCUT2D eigenvalue weighted by molar-refractivity contribution is 9.09. The van der Waals surface area contributed by atoms with Crippen molar-refractivity contribution in [3.05, 3.63) is 0 Å². The zero-order valence-electron chi connectivity index (χ0n) is 9.68. The molecule has 0 rings (SSSR count). The van der Waals surface area contributed by atoms with E-state index in [-0.39, 0.29) is 17.5 Å². The average molecular weight is 336 g/mol. The van der Waals surface area contributed by atoms with E-state index in [0.29, 0.717) is 11.9 Å². The first-order chi connectivity index (χ1) is 7.10. The summed E-state index contributed by atoms with van der Waals surface area (Å²) >= 11 is 3.18. The molecule has 0 saturated carbocycles. The summed E-state index contributed by atoms with van der Waals surface area (Å²) in [6.07, 6.45) is 1.03. The van der Waals surface area contributed by atoms with Crippen molar-refractivity contribution in [3.8, 4) is 0 Å². The molecule has 0 spiro atoms. The molecule has 0 amide bonds. The minimum Gasteiger partial charge on any atom is -0.229 e. The Bertz CT molecular complexity index is 402. The van der Waals surface area contributed by atoms with E-state index < -0.39 is 19.9 Å². The van der Waals surface area contributed by atoms with Crippen LogP contribution in [0.5, 0.6) is 0 Å². The van der Waals surface area contributed by atoms with Gasteiger partial charge in [0.2, 0.25) is 10.0 Å². The van der Waals surface area contributed by atoms with E-state index in [1.165, 1.54) is 4.31 Å². The standard InChI is InChI=1S/C8H18BrNO4S2/c1-8(2)10(5-4-9)16(13,14)7-6-15(3,11)12/h8H,4-7H2,1-3H3. The van der Waals surface area contributed by atoms with E-state index in [0.717, 1.165) is 6.26 Å². The minimum absolute atomic E-state index is 0.165. The minimum atomic E-state index is -3.49. The first kappa shape index (κ1) is 16.3. The summed E-state index contributed by atoms with van der Waals surface area (Å²) < 4.78 is 46.9. The molecule has 0 aromatic heterocycles. The number of alkyl halides is 1. The zero-order valence-corrected chi connectivity index (χ0v) is 12.9. The molecule has 0 saturated heterocycles. The van der Waals surface area contributed by atoms with E-state index in [2.05, 4.69) is 15.9 Å². The summed E-state index contributed by atoms with van der Waals surface area (Å²) in [6, 6.07) is -0.165. The van der Waals surface area contributed by atoms with Crippen LogP contribution in [0.25, 0.3) is 0 Å². The Morgan fingerprint density at radius 3 is 1.94 bits per heavy atom. The quantitative estimate of drug-likeness (QED) is 0.634. The van der Waals surface area contributed by atoms with Crippen molar-refractivity contribution in [1.29, 1.82) is 0 Å². The van der Waals surface area contributed by atoms with Crippen molar-refractivity contribution in [3.63, 3.8) is 0 Å². The Hall–Kier alpha value is 0.340. The normalized spacial score (nSPS) is 13.6. The van der Waals surface area contributed by atoms with Gasteiger partial charge in [0.25, 0.3) is 0 Å². The highest BCUT2D eigenvalue weighted by atomic mass is 79.9. The van der Waals surface area contributed by atoms with Crippen LogP contribution in [0.3, 0.4) is 0 Å². The lowest BCUT2D eigenvalue weighted by Crippen LogP contribution is -2.40. The molecule has 0 aliphatic rings. The van der Waals surface area contributed by atoms with Gasteiger partial charge in [-0.3, -0.25) is 0 Å². The molecule has 0 aliphatic heterocycles. The first-order valence-corrected chi connectivity index (χ1v) is 9.62. The summed E-state index contributed by atoms with van der Waals surface area (Å²) in [4.78, 5) is 0. The molecule has 5 nitrogen and oxygen atoms in total. The number of sulfonamides is 1. The SMILES string of the molecule is CC(C)N(CCBr)S(=O)(=O)CCS(C)(=O)=O. The molecule has 0 bridgehead atoms. The molecule has 8 heteroatoms. The molecule has 0 aliphatic carbocycles. The van der Waals surface area contributed by atoms with Gasteiger partial charge < -0.3 is 0 Å². The molecule has 0 atom stereocenters. The monoisotopic (exact) mass is 335 g/mol. The molecule has 0 N–H and O–H groups in total. The Kier molecular flexibility index (Phi) is 6.45. The van der Waals surface area contributed by atoms with E-state index in [1.54, 1.807) is 13.8 Å². The molecule has 0 aromatic rings. The molecule has 98 valence electrons. The lowest BCUT2D eigenvalue weighted by Gasteiger charge is -2.24. The van der Waals surface area contributed by atoms with Crippen LogP contribution in [0.2, 0.25) is 0 Å². The lowest BCUT2D eigenvalue weighted by atomic mass is 10.4. The van der Waals surface area contributed by atoms with E-state index in [9.17, 15) is 16.8 Å². The Labute approximate surface area is 106 Å². The summed E-state index contributed by atoms with van der Waals surface area (Å²) in [7, 11) is -6.74. The van der Waals surface area contributed by atoms with Crippen molar-refractivity contribution in [2.45, 2.75) is 19.9 Å². The van der Waals surface area contributed by atoms with E-state index in [4.69, 9.17) is 0 Å². The van der Waals surface area contributed by atoms with Gasteiger partial charge >= 0.3 is 0 Å². The summed E-state index contributed by atoms with van der Waals surface area (Å²) in [5.74, 6) is -0.683. The second kappa shape index (κ2) is 6.32. The predicted octanol–water partition coefficient (Wildman–Crippen LogP) is 0.466. The Balaban J connectivity index is 4.74. The summed E-state index contributed by atoms with van der Waals surface area (Å²) in [6.45, 7) is 3.88. The van der Waals surface area contributed by atoms with Crippen LogP contribution in [-0.4, -0.2) is 56.8 Å². The average Bonchev–Trinajstić information content (AvgIpc) is 2.09. The maximum absolute atomic E-state index is 11.8. The summed E-state index contributed by atoms with van der Waals surface area (Å²) in [5, 5.41) is 0.531. The third kappa shape index (κ3) is 6.17. The van der Waals surface area contributed by atoms with Crippen LogP contribution in [-0.2, 0) is 19.9 Å². The largest absolute Gasteiger partial charge is 0.229 e. The third-order valence-corrected chi connectivity index (χ3v) is 5.55. The molecular formula is C8H18BrNO4S2. The van der Waals surface area contributed by atoms with Crippen molar-refractivity contribution in [1.82, 2.24) is 4.31 Å². The van der Waals surface area contributed by atoms with Gasteiger partial charge in [-0.15, -0.1) is 0 Å². The zero-order chi connectivity index (χ0) is 13.0. The lowest BCUT2D eigenvalue weighted by molar-refractivity contribution is 0.373. The van der Waals surface area contributed by atoms with Crippen molar-refractivity contribution >= 4 is 35.8 Å². The van der Waals surface area contributed by atoms with Gasteiger partial charge in [-0.2, -0.15) is 4.31 Å². The van der Waals surface area contributed by atoms with Crippen LogP contribution < -0.4 is 0 Å². The number of nitrogens with zero attached hydrogens (tertiary/aromatic N) is 1. The highest BCUT2D eigenvalue weighted by Crippen LogP contribution is 2.08. The van der Waals surface area contributed by atoms with Gasteiger partial charge in [-0.25, -0.2) is 16.8 Å². The fourth-order valence-electron chi connectivity index (χ4n) is 1.18. The molecule has 0 fully saturated rings. The molecule has 0 heterocycles. The maximum atomic E-state index is 11.8. The Morgan fingerprint density at radius 1 is 1.12 bits per heavy atom. The number of hydrogen-bond acceptors (Lipinski definition) is 4. The second-order valence-corrected chi connectivity index (χ2v) is 8.93. The molecule has 0 radical (unpaired) electrons. The predicted molar refractivity (Wildman–Crippen MR) is 69.1 cm³/mol. The van der Waals surface area contributed by atoms with Crippen LogP contribution in [0.4, 0.5) is 0 Å². The first-order valence-electron chi connectivity index (χ1n) is 4.83. The molecule has 0 unspecified atom stereocenters. The number of hydrogen-bond donors (Lipinski definition) is 0. The number of sulfone groups is 1. The second-order valence-electron chi connectivity index (χ2n) is 3.84. The van der Waals surface area contributed by atoms with Crippen molar-refractivity contribution in [2.24, 2.45) is 0 Å². The highest BCUT2D eigenvalue weighted by Gasteiger charge is 2.25. The smallest absolute Gasteiger partial charge is 0.215 e.